The molecular weight excluding hydrogens is 385 g/mol. The zero-order valence-corrected chi connectivity index (χ0v) is 15.8. The molecule has 28 heavy (non-hydrogen) atoms. The van der Waals surface area contributed by atoms with E-state index in [1.165, 1.54) is 12.1 Å². The zero-order chi connectivity index (χ0) is 19.7. The van der Waals surface area contributed by atoms with Gasteiger partial charge in [0, 0.05) is 25.1 Å². The fourth-order valence-corrected chi connectivity index (χ4v) is 3.31. The Bertz CT molecular complexity index is 1010. The Labute approximate surface area is 165 Å². The number of hydrogen-bond donors (Lipinski definition) is 0. The van der Waals surface area contributed by atoms with Crippen LogP contribution in [0, 0.1) is 5.82 Å². The summed E-state index contributed by atoms with van der Waals surface area (Å²) < 4.78 is 24.1. The molecule has 2 aromatic carbocycles. The largest absolute Gasteiger partial charge is 0.497 e. The van der Waals surface area contributed by atoms with Gasteiger partial charge in [0.25, 0.3) is 0 Å². The van der Waals surface area contributed by atoms with Crippen LogP contribution in [0.4, 0.5) is 4.39 Å². The van der Waals surface area contributed by atoms with Crippen LogP contribution >= 0.6 is 11.6 Å². The fourth-order valence-electron chi connectivity index (χ4n) is 3.20. The number of amides is 1. The minimum absolute atomic E-state index is 0.0260. The third-order valence-electron chi connectivity index (χ3n) is 4.72. The molecule has 8 heteroatoms. The highest BCUT2D eigenvalue weighted by Gasteiger charge is 2.34. The zero-order valence-electron chi connectivity index (χ0n) is 15.1. The number of likely N-dealkylation sites (tertiary alicyclic amines) is 1. The molecule has 0 saturated carbocycles. The molecule has 1 fully saturated rings. The molecule has 2 heterocycles. The molecule has 3 aromatic rings. The van der Waals surface area contributed by atoms with Crippen molar-refractivity contribution in [3.8, 4) is 17.1 Å². The Morgan fingerprint density at radius 3 is 2.79 bits per heavy atom. The van der Waals surface area contributed by atoms with Crippen molar-refractivity contribution in [1.82, 2.24) is 15.0 Å². The molecule has 1 aromatic heterocycles. The molecule has 0 radical (unpaired) electrons. The van der Waals surface area contributed by atoms with E-state index in [2.05, 4.69) is 10.1 Å². The summed E-state index contributed by atoms with van der Waals surface area (Å²) in [6.07, 6.45) is 0.298. The van der Waals surface area contributed by atoms with E-state index in [-0.39, 0.29) is 22.7 Å². The molecule has 1 aliphatic heterocycles. The van der Waals surface area contributed by atoms with Crippen molar-refractivity contribution in [3.63, 3.8) is 0 Å². The highest BCUT2D eigenvalue weighted by atomic mass is 35.5. The number of aromatic nitrogens is 2. The fraction of sp³-hybridized carbons (Fsp3) is 0.250. The number of nitrogens with zero attached hydrogens (tertiary/aromatic N) is 3. The van der Waals surface area contributed by atoms with E-state index in [0.29, 0.717) is 31.0 Å². The number of benzene rings is 2. The van der Waals surface area contributed by atoms with Crippen molar-refractivity contribution in [1.29, 1.82) is 0 Å². The first-order chi connectivity index (χ1) is 13.5. The number of rotatable bonds is 5. The quantitative estimate of drug-likeness (QED) is 0.645. The van der Waals surface area contributed by atoms with E-state index in [0.717, 1.165) is 11.3 Å². The lowest BCUT2D eigenvalue weighted by Gasteiger charge is -2.16. The van der Waals surface area contributed by atoms with Gasteiger partial charge in [0.15, 0.2) is 0 Å². The average Bonchev–Trinajstić information content (AvgIpc) is 3.32. The van der Waals surface area contributed by atoms with Gasteiger partial charge < -0.3 is 14.2 Å². The van der Waals surface area contributed by atoms with Gasteiger partial charge in [-0.05, 0) is 35.9 Å². The Kier molecular flexibility index (Phi) is 5.00. The molecule has 0 spiro atoms. The molecule has 1 saturated heterocycles. The number of methoxy groups -OCH3 is 1. The first-order valence-electron chi connectivity index (χ1n) is 8.73. The summed E-state index contributed by atoms with van der Waals surface area (Å²) in [6, 6.07) is 11.9. The molecule has 1 atom stereocenters. The van der Waals surface area contributed by atoms with Crippen molar-refractivity contribution in [2.45, 2.75) is 18.9 Å². The van der Waals surface area contributed by atoms with Crippen LogP contribution in [-0.4, -0.2) is 34.6 Å². The van der Waals surface area contributed by atoms with Crippen LogP contribution in [0.3, 0.4) is 0 Å². The molecular formula is C20H17ClFN3O3. The molecule has 0 bridgehead atoms. The van der Waals surface area contributed by atoms with Gasteiger partial charge in [-0.3, -0.25) is 4.79 Å². The highest BCUT2D eigenvalue weighted by Crippen LogP contribution is 2.30. The summed E-state index contributed by atoms with van der Waals surface area (Å²) >= 11 is 5.70. The summed E-state index contributed by atoms with van der Waals surface area (Å²) in [5, 5.41) is 3.95. The third kappa shape index (κ3) is 3.71. The topological polar surface area (TPSA) is 68.5 Å². The van der Waals surface area contributed by atoms with Crippen LogP contribution in [0.2, 0.25) is 5.02 Å². The van der Waals surface area contributed by atoms with Gasteiger partial charge in [0.2, 0.25) is 17.6 Å². The summed E-state index contributed by atoms with van der Waals surface area (Å²) in [4.78, 5) is 18.5. The first-order valence-corrected chi connectivity index (χ1v) is 9.11. The molecule has 4 rings (SSSR count). The van der Waals surface area contributed by atoms with Crippen LogP contribution < -0.4 is 4.74 Å². The van der Waals surface area contributed by atoms with E-state index in [1.807, 2.05) is 24.3 Å². The first kappa shape index (κ1) is 18.4. The Morgan fingerprint density at radius 1 is 1.29 bits per heavy atom. The second kappa shape index (κ2) is 7.59. The molecule has 0 N–H and O–H groups in total. The van der Waals surface area contributed by atoms with Crippen molar-refractivity contribution >= 4 is 17.5 Å². The van der Waals surface area contributed by atoms with Gasteiger partial charge in [0.05, 0.1) is 18.1 Å². The molecule has 6 nitrogen and oxygen atoms in total. The lowest BCUT2D eigenvalue weighted by molar-refractivity contribution is -0.128. The number of halogens is 2. The summed E-state index contributed by atoms with van der Waals surface area (Å²) in [5.74, 6) is 0.698. The molecule has 144 valence electrons. The number of ether oxygens (including phenoxy) is 1. The third-order valence-corrected chi connectivity index (χ3v) is 5.02. The SMILES string of the molecule is COc1ccc(CN2CC(c3nc(-c4ccc(Cl)c(F)c4)no3)CC2=O)cc1. The summed E-state index contributed by atoms with van der Waals surface area (Å²) in [7, 11) is 1.61. The van der Waals surface area contributed by atoms with Gasteiger partial charge >= 0.3 is 0 Å². The summed E-state index contributed by atoms with van der Waals surface area (Å²) in [6.45, 7) is 0.990. The lowest BCUT2D eigenvalue weighted by Crippen LogP contribution is -2.24. The monoisotopic (exact) mass is 401 g/mol. The van der Waals surface area contributed by atoms with Crippen LogP contribution in [0.5, 0.6) is 5.75 Å². The minimum Gasteiger partial charge on any atom is -0.497 e. The van der Waals surface area contributed by atoms with Crippen molar-refractivity contribution in [3.05, 3.63) is 64.8 Å². The van der Waals surface area contributed by atoms with E-state index in [1.54, 1.807) is 18.1 Å². The molecule has 1 unspecified atom stereocenters. The number of carbonyl (C=O) groups excluding carboxylic acids is 1. The average molecular weight is 402 g/mol. The van der Waals surface area contributed by atoms with Gasteiger partial charge in [-0.25, -0.2) is 4.39 Å². The van der Waals surface area contributed by atoms with Gasteiger partial charge in [0.1, 0.15) is 11.6 Å². The van der Waals surface area contributed by atoms with Crippen LogP contribution in [0.15, 0.2) is 47.0 Å². The summed E-state index contributed by atoms with van der Waals surface area (Å²) in [5.41, 5.74) is 1.48. The Morgan fingerprint density at radius 2 is 2.07 bits per heavy atom. The van der Waals surface area contributed by atoms with Crippen molar-refractivity contribution in [2.75, 3.05) is 13.7 Å². The number of hydrogen-bond acceptors (Lipinski definition) is 5. The van der Waals surface area contributed by atoms with Gasteiger partial charge in [-0.2, -0.15) is 4.98 Å². The molecule has 1 aliphatic rings. The van der Waals surface area contributed by atoms with Crippen molar-refractivity contribution < 1.29 is 18.4 Å². The maximum Gasteiger partial charge on any atom is 0.232 e. The highest BCUT2D eigenvalue weighted by molar-refractivity contribution is 6.30. The lowest BCUT2D eigenvalue weighted by atomic mass is 10.1. The smallest absolute Gasteiger partial charge is 0.232 e. The van der Waals surface area contributed by atoms with E-state index >= 15 is 0 Å². The second-order valence-corrected chi connectivity index (χ2v) is 7.02. The molecule has 0 aliphatic carbocycles. The predicted molar refractivity (Wildman–Crippen MR) is 100 cm³/mol. The normalized spacial score (nSPS) is 16.6. The van der Waals surface area contributed by atoms with Crippen LogP contribution in [0.1, 0.15) is 23.8 Å². The van der Waals surface area contributed by atoms with Gasteiger partial charge in [-0.15, -0.1) is 0 Å². The van der Waals surface area contributed by atoms with Crippen LogP contribution in [-0.2, 0) is 11.3 Å². The Balaban J connectivity index is 1.46. The van der Waals surface area contributed by atoms with E-state index in [4.69, 9.17) is 20.9 Å². The second-order valence-electron chi connectivity index (χ2n) is 6.61. The van der Waals surface area contributed by atoms with Gasteiger partial charge in [-0.1, -0.05) is 28.9 Å². The minimum atomic E-state index is -0.549. The van der Waals surface area contributed by atoms with E-state index in [9.17, 15) is 9.18 Å². The maximum atomic E-state index is 13.7. The van der Waals surface area contributed by atoms with Crippen molar-refractivity contribution in [2.24, 2.45) is 0 Å². The molecule has 1 amide bonds. The van der Waals surface area contributed by atoms with Crippen LogP contribution in [0.25, 0.3) is 11.4 Å². The standard InChI is InChI=1S/C20H17ClFN3O3/c1-27-15-5-2-12(3-6-15)10-25-11-14(9-18(25)26)20-23-19(24-28-20)13-4-7-16(21)17(22)8-13/h2-8,14H,9-11H2,1H3. The number of carbonyl (C=O) groups is 1. The maximum absolute atomic E-state index is 13.7. The predicted octanol–water partition coefficient (Wildman–Crippen LogP) is 4.05. The Hall–Kier alpha value is -2.93. The van der Waals surface area contributed by atoms with E-state index < -0.39 is 5.82 Å².